The fourth-order valence-corrected chi connectivity index (χ4v) is 2.44. The van der Waals surface area contributed by atoms with Gasteiger partial charge in [-0.1, -0.05) is 0 Å². The summed E-state index contributed by atoms with van der Waals surface area (Å²) in [6, 6.07) is 5.46. The molecule has 1 aliphatic rings. The zero-order chi connectivity index (χ0) is 13.1. The summed E-state index contributed by atoms with van der Waals surface area (Å²) >= 11 is 0. The van der Waals surface area contributed by atoms with E-state index in [1.165, 1.54) is 0 Å². The lowest BCUT2D eigenvalue weighted by molar-refractivity contribution is 0.0651. The molecule has 0 spiro atoms. The van der Waals surface area contributed by atoms with E-state index in [0.717, 1.165) is 31.5 Å². The summed E-state index contributed by atoms with van der Waals surface area (Å²) in [5, 5.41) is 9.09. The quantitative estimate of drug-likeness (QED) is 0.778. The monoisotopic (exact) mass is 248 g/mol. The lowest BCUT2D eigenvalue weighted by Crippen LogP contribution is -2.39. The van der Waals surface area contributed by atoms with Crippen molar-refractivity contribution >= 4 is 11.6 Å². The van der Waals surface area contributed by atoms with Crippen LogP contribution in [0.15, 0.2) is 18.2 Å². The summed E-state index contributed by atoms with van der Waals surface area (Å²) in [4.78, 5) is 14.2. The van der Waals surface area contributed by atoms with E-state index >= 15 is 0 Å². The molecule has 98 valence electrons. The Bertz CT molecular complexity index is 417. The van der Waals surface area contributed by atoms with Crippen molar-refractivity contribution in [3.05, 3.63) is 29.3 Å². The molecular weight excluding hydrogens is 228 g/mol. The van der Waals surface area contributed by atoms with E-state index in [1.807, 2.05) is 24.0 Å². The number of aliphatic hydroxyl groups excluding tert-OH is 1. The number of nitrogens with zero attached hydrogens (tertiary/aromatic N) is 1. The van der Waals surface area contributed by atoms with Crippen molar-refractivity contribution in [1.82, 2.24) is 4.90 Å². The molecule has 0 radical (unpaired) electrons. The molecule has 4 nitrogen and oxygen atoms in total. The summed E-state index contributed by atoms with van der Waals surface area (Å²) in [5.41, 5.74) is 8.06. The van der Waals surface area contributed by atoms with Crippen molar-refractivity contribution in [3.63, 3.8) is 0 Å². The van der Waals surface area contributed by atoms with Crippen LogP contribution >= 0.6 is 0 Å². The van der Waals surface area contributed by atoms with Crippen molar-refractivity contribution in [2.45, 2.75) is 19.8 Å². The molecule has 0 saturated carbocycles. The molecule has 2 rings (SSSR count). The predicted octanol–water partition coefficient (Wildman–Crippen LogP) is 1.42. The van der Waals surface area contributed by atoms with Crippen LogP contribution in [-0.4, -0.2) is 35.6 Å². The molecule has 0 aliphatic carbocycles. The molecule has 1 heterocycles. The van der Waals surface area contributed by atoms with Gasteiger partial charge in [0.05, 0.1) is 0 Å². The van der Waals surface area contributed by atoms with Crippen molar-refractivity contribution in [1.29, 1.82) is 0 Å². The Morgan fingerprint density at radius 2 is 2.06 bits per heavy atom. The number of nitrogens with two attached hydrogens (primary N) is 1. The maximum atomic E-state index is 12.3. The summed E-state index contributed by atoms with van der Waals surface area (Å²) in [7, 11) is 0. The van der Waals surface area contributed by atoms with Gasteiger partial charge < -0.3 is 15.7 Å². The van der Waals surface area contributed by atoms with Crippen molar-refractivity contribution < 1.29 is 9.90 Å². The summed E-state index contributed by atoms with van der Waals surface area (Å²) in [5.74, 6) is 0.387. The summed E-state index contributed by atoms with van der Waals surface area (Å²) in [6.45, 7) is 3.60. The Hall–Kier alpha value is -1.55. The van der Waals surface area contributed by atoms with Crippen LogP contribution in [0.5, 0.6) is 0 Å². The van der Waals surface area contributed by atoms with Crippen LogP contribution in [0, 0.1) is 12.8 Å². The first-order valence-electron chi connectivity index (χ1n) is 6.37. The van der Waals surface area contributed by atoms with E-state index in [-0.39, 0.29) is 12.5 Å². The zero-order valence-electron chi connectivity index (χ0n) is 10.7. The molecule has 1 aromatic carbocycles. The first kappa shape index (κ1) is 12.9. The first-order chi connectivity index (χ1) is 8.60. The number of hydrogen-bond donors (Lipinski definition) is 2. The molecule has 0 aromatic heterocycles. The number of carbonyl (C=O) groups is 1. The van der Waals surface area contributed by atoms with E-state index in [9.17, 15) is 4.79 Å². The number of amides is 1. The van der Waals surface area contributed by atoms with Gasteiger partial charge in [-0.15, -0.1) is 0 Å². The van der Waals surface area contributed by atoms with Gasteiger partial charge in [0.25, 0.3) is 5.91 Å². The van der Waals surface area contributed by atoms with Crippen LogP contribution in [0.2, 0.25) is 0 Å². The third-order valence-corrected chi connectivity index (χ3v) is 3.51. The van der Waals surface area contributed by atoms with Gasteiger partial charge in [-0.3, -0.25) is 4.79 Å². The van der Waals surface area contributed by atoms with E-state index in [4.69, 9.17) is 10.8 Å². The maximum absolute atomic E-state index is 12.3. The number of rotatable bonds is 2. The Kier molecular flexibility index (Phi) is 3.87. The van der Waals surface area contributed by atoms with Gasteiger partial charge in [-0.25, -0.2) is 0 Å². The van der Waals surface area contributed by atoms with E-state index in [0.29, 0.717) is 17.2 Å². The largest absolute Gasteiger partial charge is 0.399 e. The summed E-state index contributed by atoms with van der Waals surface area (Å²) < 4.78 is 0. The lowest BCUT2D eigenvalue weighted by Gasteiger charge is -2.31. The average molecular weight is 248 g/mol. The molecular formula is C14H20N2O2. The van der Waals surface area contributed by atoms with E-state index in [1.54, 1.807) is 6.07 Å². The van der Waals surface area contributed by atoms with Crippen LogP contribution < -0.4 is 5.73 Å². The number of aryl methyl sites for hydroxylation is 1. The number of aliphatic hydroxyl groups is 1. The molecule has 4 heteroatoms. The van der Waals surface area contributed by atoms with Gasteiger partial charge in [0.1, 0.15) is 0 Å². The predicted molar refractivity (Wildman–Crippen MR) is 71.3 cm³/mol. The number of piperidine rings is 1. The Balaban J connectivity index is 2.07. The van der Waals surface area contributed by atoms with Crippen LogP contribution in [0.1, 0.15) is 28.8 Å². The van der Waals surface area contributed by atoms with Gasteiger partial charge in [0.15, 0.2) is 0 Å². The molecule has 3 N–H and O–H groups in total. The average Bonchev–Trinajstić information content (AvgIpc) is 2.37. The van der Waals surface area contributed by atoms with Gasteiger partial charge >= 0.3 is 0 Å². The van der Waals surface area contributed by atoms with Crippen LogP contribution in [0.4, 0.5) is 5.69 Å². The zero-order valence-corrected chi connectivity index (χ0v) is 10.7. The second-order valence-electron chi connectivity index (χ2n) is 5.05. The minimum atomic E-state index is 0.0433. The van der Waals surface area contributed by atoms with E-state index in [2.05, 4.69) is 0 Å². The van der Waals surface area contributed by atoms with Crippen molar-refractivity contribution in [2.24, 2.45) is 5.92 Å². The van der Waals surface area contributed by atoms with Gasteiger partial charge in [-0.2, -0.15) is 0 Å². The van der Waals surface area contributed by atoms with Gasteiger partial charge in [-0.05, 0) is 49.4 Å². The molecule has 1 saturated heterocycles. The highest BCUT2D eigenvalue weighted by atomic mass is 16.3. The number of nitrogen functional groups attached to an aromatic ring is 1. The minimum absolute atomic E-state index is 0.0433. The molecule has 0 unspecified atom stereocenters. The second-order valence-corrected chi connectivity index (χ2v) is 5.05. The van der Waals surface area contributed by atoms with Gasteiger partial charge in [0.2, 0.25) is 0 Å². The van der Waals surface area contributed by atoms with Crippen LogP contribution in [-0.2, 0) is 0 Å². The molecule has 0 atom stereocenters. The number of carbonyl (C=O) groups excluding carboxylic acids is 1. The first-order valence-corrected chi connectivity index (χ1v) is 6.37. The Morgan fingerprint density at radius 1 is 1.39 bits per heavy atom. The van der Waals surface area contributed by atoms with E-state index < -0.39 is 0 Å². The highest BCUT2D eigenvalue weighted by Gasteiger charge is 2.23. The van der Waals surface area contributed by atoms with Crippen molar-refractivity contribution in [2.75, 3.05) is 25.4 Å². The molecule has 1 fully saturated rings. The Morgan fingerprint density at radius 3 is 2.61 bits per heavy atom. The molecule has 1 aliphatic heterocycles. The Labute approximate surface area is 107 Å². The number of likely N-dealkylation sites (tertiary alicyclic amines) is 1. The van der Waals surface area contributed by atoms with Crippen LogP contribution in [0.25, 0.3) is 0 Å². The standard InChI is InChI=1S/C14H20N2O2/c1-10-6-12(8-13(15)7-10)14(18)16-4-2-11(9-17)3-5-16/h6-8,11,17H,2-5,9,15H2,1H3. The molecule has 18 heavy (non-hydrogen) atoms. The van der Waals surface area contributed by atoms with Crippen molar-refractivity contribution in [3.8, 4) is 0 Å². The minimum Gasteiger partial charge on any atom is -0.399 e. The number of anilines is 1. The maximum Gasteiger partial charge on any atom is 0.253 e. The highest BCUT2D eigenvalue weighted by Crippen LogP contribution is 2.20. The topological polar surface area (TPSA) is 66.6 Å². The lowest BCUT2D eigenvalue weighted by atomic mass is 9.97. The fraction of sp³-hybridized carbons (Fsp3) is 0.500. The van der Waals surface area contributed by atoms with Gasteiger partial charge in [0, 0.05) is 30.9 Å². The fourth-order valence-electron chi connectivity index (χ4n) is 2.44. The second kappa shape index (κ2) is 5.40. The molecule has 0 bridgehead atoms. The normalized spacial score (nSPS) is 16.9. The SMILES string of the molecule is Cc1cc(N)cc(C(=O)N2CCC(CO)CC2)c1. The smallest absolute Gasteiger partial charge is 0.253 e. The highest BCUT2D eigenvalue weighted by molar-refractivity contribution is 5.95. The van der Waals surface area contributed by atoms with Crippen LogP contribution in [0.3, 0.4) is 0 Å². The summed E-state index contributed by atoms with van der Waals surface area (Å²) in [6.07, 6.45) is 1.76. The third-order valence-electron chi connectivity index (χ3n) is 3.51. The number of benzene rings is 1. The molecule has 1 aromatic rings. The number of hydrogen-bond acceptors (Lipinski definition) is 3. The third kappa shape index (κ3) is 2.82. The molecule has 1 amide bonds.